The Labute approximate surface area is 244 Å². The van der Waals surface area contributed by atoms with Gasteiger partial charge in [0.2, 0.25) is 0 Å². The second-order valence-corrected chi connectivity index (χ2v) is 11.9. The molecule has 0 bridgehead atoms. The van der Waals surface area contributed by atoms with Crippen LogP contribution in [0.3, 0.4) is 0 Å². The van der Waals surface area contributed by atoms with Crippen molar-refractivity contribution in [2.75, 3.05) is 22.4 Å². The number of hydrogen-bond donors (Lipinski definition) is 2. The fourth-order valence-corrected chi connectivity index (χ4v) is 5.69. The minimum atomic E-state index is -4.03. The highest BCUT2D eigenvalue weighted by Gasteiger charge is 2.27. The van der Waals surface area contributed by atoms with E-state index in [1.54, 1.807) is 91.9 Å². The van der Waals surface area contributed by atoms with Crippen molar-refractivity contribution in [1.82, 2.24) is 5.43 Å². The number of thioether (sulfide) groups is 1. The lowest BCUT2D eigenvalue weighted by Gasteiger charge is -2.24. The van der Waals surface area contributed by atoms with Crippen molar-refractivity contribution in [3.63, 3.8) is 0 Å². The summed E-state index contributed by atoms with van der Waals surface area (Å²) in [6, 6.07) is 29.4. The molecule has 2 N–H and O–H groups in total. The van der Waals surface area contributed by atoms with E-state index in [9.17, 15) is 18.0 Å². The molecule has 4 aromatic rings. The summed E-state index contributed by atoms with van der Waals surface area (Å²) >= 11 is 1.51. The van der Waals surface area contributed by atoms with E-state index in [-0.39, 0.29) is 10.8 Å². The van der Waals surface area contributed by atoms with Crippen LogP contribution in [0.2, 0.25) is 0 Å². The summed E-state index contributed by atoms with van der Waals surface area (Å²) in [5.41, 5.74) is 6.20. The summed E-state index contributed by atoms with van der Waals surface area (Å²) in [7, 11) is -4.03. The standard InChI is InChI=1S/C31H30N4O4S2/c1-22-9-15-27(16-10-22)35(41(38,39)29-19-17-28(40-3)18-20-29)21-30(36)34-33-23(2)24-11-13-26(14-12-24)32-31(37)25-7-5-4-6-8-25/h4-20H,21H2,1-3H3,(H,32,37)(H,34,36)/b33-23-. The number of nitrogens with zero attached hydrogens (tertiary/aromatic N) is 2. The van der Waals surface area contributed by atoms with E-state index in [1.807, 2.05) is 19.2 Å². The average molecular weight is 587 g/mol. The van der Waals surface area contributed by atoms with Crippen LogP contribution in [0.1, 0.15) is 28.4 Å². The Morgan fingerprint density at radius 2 is 1.46 bits per heavy atom. The number of sulfonamides is 1. The number of anilines is 2. The summed E-state index contributed by atoms with van der Waals surface area (Å²) in [6.07, 6.45) is 1.91. The molecule has 0 saturated carbocycles. The molecule has 0 atom stereocenters. The smallest absolute Gasteiger partial charge is 0.264 e. The van der Waals surface area contributed by atoms with Gasteiger partial charge in [-0.25, -0.2) is 13.8 Å². The number of rotatable bonds is 10. The summed E-state index contributed by atoms with van der Waals surface area (Å²) in [6.45, 7) is 3.16. The monoisotopic (exact) mass is 586 g/mol. The first-order valence-electron chi connectivity index (χ1n) is 12.7. The van der Waals surface area contributed by atoms with Crippen LogP contribution in [0.25, 0.3) is 0 Å². The second kappa shape index (κ2) is 13.3. The summed E-state index contributed by atoms with van der Waals surface area (Å²) < 4.78 is 28.2. The third-order valence-corrected chi connectivity index (χ3v) is 8.73. The van der Waals surface area contributed by atoms with Crippen molar-refractivity contribution in [3.05, 3.63) is 120 Å². The third-order valence-electron chi connectivity index (χ3n) is 6.20. The molecule has 10 heteroatoms. The molecule has 0 aliphatic rings. The Morgan fingerprint density at radius 1 is 0.829 bits per heavy atom. The van der Waals surface area contributed by atoms with Gasteiger partial charge in [0.15, 0.2) is 0 Å². The van der Waals surface area contributed by atoms with E-state index < -0.39 is 22.5 Å². The van der Waals surface area contributed by atoms with Gasteiger partial charge in [0.05, 0.1) is 16.3 Å². The van der Waals surface area contributed by atoms with Crippen LogP contribution in [-0.4, -0.2) is 38.7 Å². The average Bonchev–Trinajstić information content (AvgIpc) is 3.00. The third kappa shape index (κ3) is 7.62. The molecule has 4 aromatic carbocycles. The van der Waals surface area contributed by atoms with Crippen molar-refractivity contribution in [3.8, 4) is 0 Å². The number of hydrogen-bond acceptors (Lipinski definition) is 6. The topological polar surface area (TPSA) is 108 Å². The SMILES string of the molecule is CSc1ccc(S(=O)(=O)N(CC(=O)N/N=C(/C)c2ccc(NC(=O)c3ccccc3)cc2)c2ccc(C)cc2)cc1. The zero-order valence-electron chi connectivity index (χ0n) is 22.9. The maximum atomic E-state index is 13.6. The van der Waals surface area contributed by atoms with Gasteiger partial charge in [-0.3, -0.25) is 13.9 Å². The molecule has 0 radical (unpaired) electrons. The normalized spacial score (nSPS) is 11.5. The highest BCUT2D eigenvalue weighted by molar-refractivity contribution is 7.98. The molecular weight excluding hydrogens is 556 g/mol. The van der Waals surface area contributed by atoms with Crippen LogP contribution >= 0.6 is 11.8 Å². The first kappa shape index (κ1) is 29.6. The number of nitrogens with one attached hydrogen (secondary N) is 2. The van der Waals surface area contributed by atoms with Crippen LogP contribution in [-0.2, 0) is 14.8 Å². The Balaban J connectivity index is 1.46. The van der Waals surface area contributed by atoms with Gasteiger partial charge >= 0.3 is 0 Å². The molecule has 4 rings (SSSR count). The number of amides is 2. The van der Waals surface area contributed by atoms with Crippen LogP contribution in [0.5, 0.6) is 0 Å². The molecule has 0 aromatic heterocycles. The first-order valence-corrected chi connectivity index (χ1v) is 15.4. The maximum absolute atomic E-state index is 13.6. The minimum Gasteiger partial charge on any atom is -0.322 e. The van der Waals surface area contributed by atoms with E-state index >= 15 is 0 Å². The largest absolute Gasteiger partial charge is 0.322 e. The fourth-order valence-electron chi connectivity index (χ4n) is 3.87. The zero-order chi connectivity index (χ0) is 29.4. The summed E-state index contributed by atoms with van der Waals surface area (Å²) in [4.78, 5) is 26.3. The lowest BCUT2D eigenvalue weighted by atomic mass is 10.1. The molecule has 0 aliphatic carbocycles. The van der Waals surface area contributed by atoms with Gasteiger partial charge in [0.25, 0.3) is 21.8 Å². The van der Waals surface area contributed by atoms with Crippen molar-refractivity contribution < 1.29 is 18.0 Å². The number of benzene rings is 4. The maximum Gasteiger partial charge on any atom is 0.264 e. The van der Waals surface area contributed by atoms with Gasteiger partial charge in [-0.05, 0) is 86.3 Å². The Kier molecular flexibility index (Phi) is 9.59. The van der Waals surface area contributed by atoms with Gasteiger partial charge in [-0.2, -0.15) is 5.10 Å². The van der Waals surface area contributed by atoms with Gasteiger partial charge in [-0.1, -0.05) is 48.0 Å². The Hall–Kier alpha value is -4.41. The van der Waals surface area contributed by atoms with Gasteiger partial charge in [0.1, 0.15) is 6.54 Å². The van der Waals surface area contributed by atoms with Crippen molar-refractivity contribution in [1.29, 1.82) is 0 Å². The lowest BCUT2D eigenvalue weighted by molar-refractivity contribution is -0.119. The minimum absolute atomic E-state index is 0.0859. The van der Waals surface area contributed by atoms with E-state index in [1.165, 1.54) is 23.9 Å². The lowest BCUT2D eigenvalue weighted by Crippen LogP contribution is -2.39. The number of aryl methyl sites for hydroxylation is 1. The molecule has 0 saturated heterocycles. The van der Waals surface area contributed by atoms with E-state index in [0.29, 0.717) is 22.6 Å². The highest BCUT2D eigenvalue weighted by Crippen LogP contribution is 2.25. The van der Waals surface area contributed by atoms with Crippen molar-refractivity contribution in [2.45, 2.75) is 23.6 Å². The Bertz CT molecular complexity index is 1640. The fraction of sp³-hybridized carbons (Fsp3) is 0.129. The molecule has 0 spiro atoms. The quantitative estimate of drug-likeness (QED) is 0.141. The van der Waals surface area contributed by atoms with Gasteiger partial charge < -0.3 is 5.32 Å². The number of carbonyl (C=O) groups is 2. The van der Waals surface area contributed by atoms with Gasteiger partial charge in [0, 0.05) is 16.1 Å². The zero-order valence-corrected chi connectivity index (χ0v) is 24.5. The van der Waals surface area contributed by atoms with E-state index in [0.717, 1.165) is 20.3 Å². The summed E-state index contributed by atoms with van der Waals surface area (Å²) in [5.74, 6) is -0.815. The van der Waals surface area contributed by atoms with Crippen LogP contribution < -0.4 is 15.0 Å². The van der Waals surface area contributed by atoms with Crippen LogP contribution in [0.4, 0.5) is 11.4 Å². The number of hydrazone groups is 1. The molecule has 210 valence electrons. The second-order valence-electron chi connectivity index (χ2n) is 9.15. The molecular formula is C31H30N4O4S2. The predicted octanol–water partition coefficient (Wildman–Crippen LogP) is 5.70. The molecule has 0 fully saturated rings. The van der Waals surface area contributed by atoms with Crippen LogP contribution in [0.15, 0.2) is 118 Å². The van der Waals surface area contributed by atoms with Crippen molar-refractivity contribution in [2.24, 2.45) is 5.10 Å². The molecule has 0 aliphatic heterocycles. The summed E-state index contributed by atoms with van der Waals surface area (Å²) in [5, 5.41) is 7.01. The van der Waals surface area contributed by atoms with Crippen molar-refractivity contribution >= 4 is 50.7 Å². The Morgan fingerprint density at radius 3 is 2.07 bits per heavy atom. The highest BCUT2D eigenvalue weighted by atomic mass is 32.2. The van der Waals surface area contributed by atoms with Gasteiger partial charge in [-0.15, -0.1) is 11.8 Å². The first-order chi connectivity index (χ1) is 19.7. The van der Waals surface area contributed by atoms with E-state index in [2.05, 4.69) is 15.8 Å². The molecule has 0 heterocycles. The molecule has 41 heavy (non-hydrogen) atoms. The molecule has 8 nitrogen and oxygen atoms in total. The van der Waals surface area contributed by atoms with Crippen LogP contribution in [0, 0.1) is 6.92 Å². The number of carbonyl (C=O) groups excluding carboxylic acids is 2. The molecule has 0 unspecified atom stereocenters. The molecule has 2 amide bonds. The predicted molar refractivity (Wildman–Crippen MR) is 165 cm³/mol. The van der Waals surface area contributed by atoms with E-state index in [4.69, 9.17) is 0 Å².